The number of hydrogen-bond donors (Lipinski definition) is 1. The summed E-state index contributed by atoms with van der Waals surface area (Å²) in [7, 11) is 0. The molecule has 5 nitrogen and oxygen atoms in total. The molecule has 120 valence electrons. The summed E-state index contributed by atoms with van der Waals surface area (Å²) < 4.78 is 16.6. The molecule has 2 aliphatic heterocycles. The van der Waals surface area contributed by atoms with Gasteiger partial charge in [-0.2, -0.15) is 0 Å². The zero-order valence-corrected chi connectivity index (χ0v) is 12.8. The van der Waals surface area contributed by atoms with Crippen LogP contribution in [0.3, 0.4) is 0 Å². The maximum atomic E-state index is 14.7. The molecule has 0 spiro atoms. The van der Waals surface area contributed by atoms with Crippen LogP contribution in [0.2, 0.25) is 0 Å². The predicted molar refractivity (Wildman–Crippen MR) is 85.0 cm³/mol. The van der Waals surface area contributed by atoms with Gasteiger partial charge in [0.1, 0.15) is 11.4 Å². The van der Waals surface area contributed by atoms with Gasteiger partial charge in [0.05, 0.1) is 11.2 Å². The van der Waals surface area contributed by atoms with Crippen molar-refractivity contribution >= 4 is 22.6 Å². The molecule has 1 aromatic carbocycles. The normalized spacial score (nSPS) is 19.7. The van der Waals surface area contributed by atoms with Gasteiger partial charge in [-0.3, -0.25) is 4.79 Å². The summed E-state index contributed by atoms with van der Waals surface area (Å²) in [5, 5.41) is 9.40. The first-order valence-electron chi connectivity index (χ1n) is 7.87. The number of anilines is 1. The number of rotatable bonds is 2. The average molecular weight is 316 g/mol. The SMILES string of the molecule is CC1Cc2c(N3CCCC3)c(F)cc3c(=O)c(C(=O)O)cn1c23. The summed E-state index contributed by atoms with van der Waals surface area (Å²) in [5.74, 6) is -1.69. The minimum atomic E-state index is -1.27. The van der Waals surface area contributed by atoms with Crippen LogP contribution in [0.15, 0.2) is 17.1 Å². The Morgan fingerprint density at radius 3 is 2.70 bits per heavy atom. The van der Waals surface area contributed by atoms with Crippen molar-refractivity contribution in [3.63, 3.8) is 0 Å². The fourth-order valence-electron chi connectivity index (χ4n) is 3.93. The van der Waals surface area contributed by atoms with E-state index >= 15 is 0 Å². The Labute approximate surface area is 131 Å². The predicted octanol–water partition coefficient (Wildman–Crippen LogP) is 2.56. The summed E-state index contributed by atoms with van der Waals surface area (Å²) in [6.45, 7) is 3.60. The fourth-order valence-corrected chi connectivity index (χ4v) is 3.93. The van der Waals surface area contributed by atoms with Gasteiger partial charge >= 0.3 is 5.97 Å². The maximum Gasteiger partial charge on any atom is 0.341 e. The minimum Gasteiger partial charge on any atom is -0.477 e. The van der Waals surface area contributed by atoms with E-state index in [0.717, 1.165) is 31.5 Å². The Kier molecular flexibility index (Phi) is 2.98. The number of hydrogen-bond acceptors (Lipinski definition) is 3. The van der Waals surface area contributed by atoms with Crippen LogP contribution >= 0.6 is 0 Å². The largest absolute Gasteiger partial charge is 0.477 e. The Bertz CT molecular complexity index is 897. The molecule has 2 aliphatic rings. The van der Waals surface area contributed by atoms with E-state index in [2.05, 4.69) is 0 Å². The topological polar surface area (TPSA) is 62.5 Å². The third-order valence-electron chi connectivity index (χ3n) is 4.97. The van der Waals surface area contributed by atoms with Gasteiger partial charge in [0.2, 0.25) is 5.43 Å². The number of carbonyl (C=O) groups is 1. The van der Waals surface area contributed by atoms with Crippen LogP contribution in [0, 0.1) is 5.82 Å². The Morgan fingerprint density at radius 1 is 1.35 bits per heavy atom. The lowest BCUT2D eigenvalue weighted by molar-refractivity contribution is 0.0694. The van der Waals surface area contributed by atoms with Gasteiger partial charge in [0, 0.05) is 36.3 Å². The van der Waals surface area contributed by atoms with Crippen LogP contribution in [-0.4, -0.2) is 28.7 Å². The third kappa shape index (κ3) is 1.90. The van der Waals surface area contributed by atoms with Crippen molar-refractivity contribution < 1.29 is 14.3 Å². The van der Waals surface area contributed by atoms with Crippen molar-refractivity contribution in [2.45, 2.75) is 32.2 Å². The second-order valence-corrected chi connectivity index (χ2v) is 6.41. The fraction of sp³-hybridized carbons (Fsp3) is 0.412. The van der Waals surface area contributed by atoms with Gasteiger partial charge in [-0.15, -0.1) is 0 Å². The van der Waals surface area contributed by atoms with Crippen molar-refractivity contribution in [2.24, 2.45) is 0 Å². The molecule has 23 heavy (non-hydrogen) atoms. The number of carboxylic acids is 1. The molecular weight excluding hydrogens is 299 g/mol. The standard InChI is InChI=1S/C17H17FN2O3/c1-9-6-10-14-11(16(21)12(17(22)23)8-20(9)14)7-13(18)15(10)19-4-2-3-5-19/h7-9H,2-6H2,1H3,(H,22,23). The summed E-state index contributed by atoms with van der Waals surface area (Å²) in [6, 6.07) is 1.23. The number of carboxylic acid groups (broad SMARTS) is 1. The number of aromatic nitrogens is 1. The molecule has 0 radical (unpaired) electrons. The molecule has 1 saturated heterocycles. The second kappa shape index (κ2) is 4.81. The molecule has 6 heteroatoms. The van der Waals surface area contributed by atoms with Gasteiger partial charge in [-0.05, 0) is 32.3 Å². The molecule has 1 fully saturated rings. The number of aromatic carboxylic acids is 1. The summed E-state index contributed by atoms with van der Waals surface area (Å²) >= 11 is 0. The number of nitrogens with zero attached hydrogens (tertiary/aromatic N) is 2. The van der Waals surface area contributed by atoms with E-state index in [1.807, 2.05) is 16.4 Å². The summed E-state index contributed by atoms with van der Waals surface area (Å²) in [4.78, 5) is 25.8. The molecular formula is C17H17FN2O3. The minimum absolute atomic E-state index is 0.00866. The van der Waals surface area contributed by atoms with Gasteiger partial charge in [-0.1, -0.05) is 0 Å². The molecule has 1 unspecified atom stereocenters. The van der Waals surface area contributed by atoms with Crippen molar-refractivity contribution in [2.75, 3.05) is 18.0 Å². The second-order valence-electron chi connectivity index (χ2n) is 6.41. The van der Waals surface area contributed by atoms with Gasteiger partial charge < -0.3 is 14.6 Å². The van der Waals surface area contributed by atoms with Crippen molar-refractivity contribution in [1.82, 2.24) is 4.57 Å². The lowest BCUT2D eigenvalue weighted by Crippen LogP contribution is -2.22. The number of pyridine rings is 1. The smallest absolute Gasteiger partial charge is 0.341 e. The van der Waals surface area contributed by atoms with E-state index in [1.165, 1.54) is 12.3 Å². The highest BCUT2D eigenvalue weighted by atomic mass is 19.1. The van der Waals surface area contributed by atoms with Crippen LogP contribution in [0.5, 0.6) is 0 Å². The molecule has 0 bridgehead atoms. The molecule has 1 aromatic heterocycles. The van der Waals surface area contributed by atoms with Crippen molar-refractivity contribution in [1.29, 1.82) is 0 Å². The molecule has 2 aromatic rings. The summed E-state index contributed by atoms with van der Waals surface area (Å²) in [6.07, 6.45) is 4.09. The average Bonchev–Trinajstić information content (AvgIpc) is 3.11. The lowest BCUT2D eigenvalue weighted by Gasteiger charge is -2.21. The Hall–Kier alpha value is -2.37. The highest BCUT2D eigenvalue weighted by molar-refractivity contribution is 5.96. The number of benzene rings is 1. The van der Waals surface area contributed by atoms with Gasteiger partial charge in [-0.25, -0.2) is 9.18 Å². The van der Waals surface area contributed by atoms with Crippen LogP contribution in [0.25, 0.3) is 10.9 Å². The van der Waals surface area contributed by atoms with Crippen LogP contribution in [-0.2, 0) is 6.42 Å². The van der Waals surface area contributed by atoms with E-state index in [-0.39, 0.29) is 17.0 Å². The van der Waals surface area contributed by atoms with E-state index in [0.29, 0.717) is 17.6 Å². The van der Waals surface area contributed by atoms with Crippen LogP contribution in [0.1, 0.15) is 41.7 Å². The molecule has 0 saturated carbocycles. The lowest BCUT2D eigenvalue weighted by atomic mass is 10.0. The monoisotopic (exact) mass is 316 g/mol. The Morgan fingerprint density at radius 2 is 2.04 bits per heavy atom. The van der Waals surface area contributed by atoms with E-state index in [9.17, 15) is 19.1 Å². The highest BCUT2D eigenvalue weighted by Crippen LogP contribution is 2.40. The summed E-state index contributed by atoms with van der Waals surface area (Å²) in [5.41, 5.74) is 1.21. The molecule has 1 atom stereocenters. The van der Waals surface area contributed by atoms with Crippen LogP contribution < -0.4 is 10.3 Å². The first-order valence-corrected chi connectivity index (χ1v) is 7.87. The maximum absolute atomic E-state index is 14.7. The quantitative estimate of drug-likeness (QED) is 0.925. The van der Waals surface area contributed by atoms with Gasteiger partial charge in [0.15, 0.2) is 0 Å². The number of halogens is 1. The van der Waals surface area contributed by atoms with Gasteiger partial charge in [0.25, 0.3) is 0 Å². The third-order valence-corrected chi connectivity index (χ3v) is 4.97. The molecule has 0 aliphatic carbocycles. The van der Waals surface area contributed by atoms with Crippen molar-refractivity contribution in [3.8, 4) is 0 Å². The zero-order chi connectivity index (χ0) is 16.3. The first kappa shape index (κ1) is 14.2. The van der Waals surface area contributed by atoms with Crippen LogP contribution in [0.4, 0.5) is 10.1 Å². The first-order chi connectivity index (χ1) is 11.0. The molecule has 0 amide bonds. The highest BCUT2D eigenvalue weighted by Gasteiger charge is 2.31. The molecule has 4 rings (SSSR count). The molecule has 1 N–H and O–H groups in total. The van der Waals surface area contributed by atoms with E-state index < -0.39 is 17.2 Å². The zero-order valence-electron chi connectivity index (χ0n) is 12.8. The molecule has 3 heterocycles. The van der Waals surface area contributed by atoms with E-state index in [1.54, 1.807) is 0 Å². The van der Waals surface area contributed by atoms with Crippen molar-refractivity contribution in [3.05, 3.63) is 39.4 Å². The van der Waals surface area contributed by atoms with E-state index in [4.69, 9.17) is 0 Å². The Balaban J connectivity index is 2.09.